The molecule has 2 aliphatic rings. The summed E-state index contributed by atoms with van der Waals surface area (Å²) in [7, 11) is -2.77. The van der Waals surface area contributed by atoms with Gasteiger partial charge in [0.25, 0.3) is 0 Å². The summed E-state index contributed by atoms with van der Waals surface area (Å²) in [5.41, 5.74) is 0. The number of nitrogens with one attached hydrogen (secondary N) is 1. The van der Waals surface area contributed by atoms with Crippen LogP contribution in [-0.4, -0.2) is 32.5 Å². The van der Waals surface area contributed by atoms with Gasteiger partial charge in [0.2, 0.25) is 0 Å². The molecular formula is C12H23NO2S. The van der Waals surface area contributed by atoms with Crippen LogP contribution in [0.4, 0.5) is 0 Å². The number of sulfone groups is 1. The van der Waals surface area contributed by atoms with Crippen LogP contribution in [0.2, 0.25) is 0 Å². The third-order valence-electron chi connectivity index (χ3n) is 4.06. The minimum Gasteiger partial charge on any atom is -0.311 e. The van der Waals surface area contributed by atoms with E-state index in [-0.39, 0.29) is 0 Å². The van der Waals surface area contributed by atoms with Crippen molar-refractivity contribution in [2.75, 3.05) is 12.0 Å². The molecule has 0 aromatic carbocycles. The van der Waals surface area contributed by atoms with Crippen LogP contribution in [0.15, 0.2) is 0 Å². The van der Waals surface area contributed by atoms with Gasteiger partial charge in [-0.15, -0.1) is 0 Å². The summed E-state index contributed by atoms with van der Waals surface area (Å²) in [6, 6.07) is 1.30. The fraction of sp³-hybridized carbons (Fsp3) is 1.00. The first-order valence-electron chi connectivity index (χ1n) is 6.48. The lowest BCUT2D eigenvalue weighted by Gasteiger charge is -2.33. The van der Waals surface area contributed by atoms with E-state index in [0.717, 1.165) is 24.8 Å². The van der Waals surface area contributed by atoms with Crippen molar-refractivity contribution in [1.29, 1.82) is 0 Å². The van der Waals surface area contributed by atoms with Crippen LogP contribution in [0.1, 0.15) is 44.9 Å². The third-order valence-corrected chi connectivity index (χ3v) is 5.09. The molecule has 1 N–H and O–H groups in total. The van der Waals surface area contributed by atoms with Gasteiger partial charge in [-0.2, -0.15) is 0 Å². The molecule has 0 aromatic rings. The second kappa shape index (κ2) is 5.05. The van der Waals surface area contributed by atoms with E-state index in [1.54, 1.807) is 0 Å². The van der Waals surface area contributed by atoms with Gasteiger partial charge in [-0.05, 0) is 44.4 Å². The molecule has 3 atom stereocenters. The number of hydrogen-bond donors (Lipinski definition) is 1. The van der Waals surface area contributed by atoms with E-state index in [1.807, 2.05) is 0 Å². The average Bonchev–Trinajstić information content (AvgIpc) is 2.62. The number of fused-ring (bicyclic) bond motifs is 1. The van der Waals surface area contributed by atoms with E-state index in [9.17, 15) is 8.42 Å². The summed E-state index contributed by atoms with van der Waals surface area (Å²) >= 11 is 0. The van der Waals surface area contributed by atoms with Crippen LogP contribution in [0, 0.1) is 5.92 Å². The van der Waals surface area contributed by atoms with Crippen molar-refractivity contribution in [3.8, 4) is 0 Å². The molecule has 3 nitrogen and oxygen atoms in total. The Morgan fingerprint density at radius 3 is 2.75 bits per heavy atom. The van der Waals surface area contributed by atoms with Crippen LogP contribution in [0.3, 0.4) is 0 Å². The SMILES string of the molecule is CS(=O)(=O)CCCC1CCC2CCCC2N1. The first kappa shape index (κ1) is 12.4. The van der Waals surface area contributed by atoms with E-state index in [2.05, 4.69) is 5.32 Å². The fourth-order valence-electron chi connectivity index (χ4n) is 3.22. The predicted molar refractivity (Wildman–Crippen MR) is 66.2 cm³/mol. The molecule has 94 valence electrons. The number of piperidine rings is 1. The van der Waals surface area contributed by atoms with Crippen molar-refractivity contribution < 1.29 is 8.42 Å². The standard InChI is InChI=1S/C12H23NO2S/c1-16(14,15)9-3-5-11-8-7-10-4-2-6-12(10)13-11/h10-13H,2-9H2,1H3. The van der Waals surface area contributed by atoms with Crippen molar-refractivity contribution in [3.05, 3.63) is 0 Å². The van der Waals surface area contributed by atoms with Gasteiger partial charge < -0.3 is 5.32 Å². The number of hydrogen-bond acceptors (Lipinski definition) is 3. The Labute approximate surface area is 98.9 Å². The zero-order chi connectivity index (χ0) is 11.6. The third kappa shape index (κ3) is 3.45. The van der Waals surface area contributed by atoms with Crippen LogP contribution >= 0.6 is 0 Å². The van der Waals surface area contributed by atoms with Crippen molar-refractivity contribution in [2.45, 2.75) is 57.0 Å². The quantitative estimate of drug-likeness (QED) is 0.820. The highest BCUT2D eigenvalue weighted by Crippen LogP contribution is 2.34. The molecule has 0 aromatic heterocycles. The summed E-state index contributed by atoms with van der Waals surface area (Å²) < 4.78 is 22.1. The second-order valence-electron chi connectivity index (χ2n) is 5.51. The zero-order valence-electron chi connectivity index (χ0n) is 10.1. The smallest absolute Gasteiger partial charge is 0.147 e. The molecule has 1 aliphatic carbocycles. The first-order chi connectivity index (χ1) is 7.54. The molecule has 1 saturated heterocycles. The van der Waals surface area contributed by atoms with Gasteiger partial charge in [0.05, 0.1) is 0 Å². The Kier molecular flexibility index (Phi) is 3.90. The van der Waals surface area contributed by atoms with E-state index in [4.69, 9.17) is 0 Å². The largest absolute Gasteiger partial charge is 0.311 e. The highest BCUT2D eigenvalue weighted by Gasteiger charge is 2.32. The van der Waals surface area contributed by atoms with E-state index in [0.29, 0.717) is 11.8 Å². The first-order valence-corrected chi connectivity index (χ1v) is 8.54. The van der Waals surface area contributed by atoms with Gasteiger partial charge in [0, 0.05) is 24.1 Å². The van der Waals surface area contributed by atoms with Gasteiger partial charge in [-0.25, -0.2) is 8.42 Å². The average molecular weight is 245 g/mol. The maximum Gasteiger partial charge on any atom is 0.147 e. The molecule has 16 heavy (non-hydrogen) atoms. The molecular weight excluding hydrogens is 222 g/mol. The lowest BCUT2D eigenvalue weighted by atomic mass is 9.88. The second-order valence-corrected chi connectivity index (χ2v) is 7.77. The normalized spacial score (nSPS) is 34.9. The highest BCUT2D eigenvalue weighted by atomic mass is 32.2. The van der Waals surface area contributed by atoms with Crippen molar-refractivity contribution in [3.63, 3.8) is 0 Å². The van der Waals surface area contributed by atoms with Crippen molar-refractivity contribution in [1.82, 2.24) is 5.32 Å². The molecule has 1 heterocycles. The molecule has 1 saturated carbocycles. The maximum absolute atomic E-state index is 11.0. The summed E-state index contributed by atoms with van der Waals surface area (Å²) in [6.07, 6.45) is 9.85. The van der Waals surface area contributed by atoms with Gasteiger partial charge in [0.15, 0.2) is 0 Å². The molecule has 2 fully saturated rings. The van der Waals surface area contributed by atoms with Crippen molar-refractivity contribution in [2.24, 2.45) is 5.92 Å². The Morgan fingerprint density at radius 2 is 2.00 bits per heavy atom. The predicted octanol–water partition coefficient (Wildman–Crippen LogP) is 1.73. The minimum atomic E-state index is -2.77. The lowest BCUT2D eigenvalue weighted by Crippen LogP contribution is -2.45. The Balaban J connectivity index is 1.71. The monoisotopic (exact) mass is 245 g/mol. The van der Waals surface area contributed by atoms with Crippen LogP contribution in [0.25, 0.3) is 0 Å². The van der Waals surface area contributed by atoms with Crippen LogP contribution in [0.5, 0.6) is 0 Å². The lowest BCUT2D eigenvalue weighted by molar-refractivity contribution is 0.249. The Morgan fingerprint density at radius 1 is 1.19 bits per heavy atom. The van der Waals surface area contributed by atoms with Gasteiger partial charge in [0.1, 0.15) is 9.84 Å². The molecule has 0 radical (unpaired) electrons. The maximum atomic E-state index is 11.0. The zero-order valence-corrected chi connectivity index (χ0v) is 10.9. The van der Waals surface area contributed by atoms with Gasteiger partial charge >= 0.3 is 0 Å². The van der Waals surface area contributed by atoms with E-state index >= 15 is 0 Å². The summed E-state index contributed by atoms with van der Waals surface area (Å²) in [5.74, 6) is 1.25. The highest BCUT2D eigenvalue weighted by molar-refractivity contribution is 7.90. The summed E-state index contributed by atoms with van der Waals surface area (Å²) in [5, 5.41) is 3.71. The van der Waals surface area contributed by atoms with Gasteiger partial charge in [-0.3, -0.25) is 0 Å². The molecule has 4 heteroatoms. The summed E-state index contributed by atoms with van der Waals surface area (Å²) in [6.45, 7) is 0. The van der Waals surface area contributed by atoms with E-state index in [1.165, 1.54) is 38.4 Å². The Bertz CT molecular complexity index is 326. The Hall–Kier alpha value is -0.0900. The topological polar surface area (TPSA) is 46.2 Å². The molecule has 2 rings (SSSR count). The fourth-order valence-corrected chi connectivity index (χ4v) is 3.91. The molecule has 1 aliphatic heterocycles. The minimum absolute atomic E-state index is 0.347. The summed E-state index contributed by atoms with van der Waals surface area (Å²) in [4.78, 5) is 0. The molecule has 0 spiro atoms. The molecule has 0 bridgehead atoms. The van der Waals surface area contributed by atoms with E-state index < -0.39 is 9.84 Å². The van der Waals surface area contributed by atoms with Crippen LogP contribution < -0.4 is 5.32 Å². The molecule has 3 unspecified atom stereocenters. The van der Waals surface area contributed by atoms with Gasteiger partial charge in [-0.1, -0.05) is 6.42 Å². The van der Waals surface area contributed by atoms with Crippen molar-refractivity contribution >= 4 is 9.84 Å². The van der Waals surface area contributed by atoms with Crippen LogP contribution in [-0.2, 0) is 9.84 Å². The number of rotatable bonds is 4. The molecule has 0 amide bonds.